The maximum Gasteiger partial charge on any atom is 0.213 e. The SMILES string of the molecule is C=C1C(=O)[C@]23[C@@H]4OC(C)O[C@]25OC[C@@]2([C@H]([C@@H]5O)C(C)(C)CC[C@@H]2O)[C@@H]3CC[C@@H]14. The minimum absolute atomic E-state index is 0.0641. The molecule has 0 aromatic carbocycles. The topological polar surface area (TPSA) is 85.2 Å². The molecule has 28 heavy (non-hydrogen) atoms. The number of fused-ring (bicyclic) bond motifs is 1. The van der Waals surface area contributed by atoms with Gasteiger partial charge in [-0.3, -0.25) is 4.79 Å². The van der Waals surface area contributed by atoms with Gasteiger partial charge in [0.1, 0.15) is 11.5 Å². The molecule has 3 spiro atoms. The van der Waals surface area contributed by atoms with E-state index >= 15 is 0 Å². The average molecular weight is 390 g/mol. The first-order chi connectivity index (χ1) is 13.1. The summed E-state index contributed by atoms with van der Waals surface area (Å²) in [7, 11) is 0. The van der Waals surface area contributed by atoms with Crippen LogP contribution in [-0.4, -0.2) is 53.0 Å². The minimum Gasteiger partial charge on any atom is -0.392 e. The summed E-state index contributed by atoms with van der Waals surface area (Å²) in [6.45, 7) is 10.6. The number of ether oxygens (including phenoxy) is 3. The van der Waals surface area contributed by atoms with E-state index in [4.69, 9.17) is 14.2 Å². The van der Waals surface area contributed by atoms with Crippen LogP contribution in [0.25, 0.3) is 0 Å². The second kappa shape index (κ2) is 4.92. The van der Waals surface area contributed by atoms with Crippen LogP contribution in [0, 0.1) is 34.0 Å². The van der Waals surface area contributed by atoms with Gasteiger partial charge in [0.2, 0.25) is 5.79 Å². The van der Waals surface area contributed by atoms with E-state index in [0.29, 0.717) is 18.6 Å². The fourth-order valence-electron chi connectivity index (χ4n) is 8.72. The number of Topliss-reactive ketones (excluding diaryl/α,β-unsaturated/α-hetero) is 1. The lowest BCUT2D eigenvalue weighted by Crippen LogP contribution is -2.87. The Morgan fingerprint density at radius 1 is 1.18 bits per heavy atom. The lowest BCUT2D eigenvalue weighted by atomic mass is 9.35. The molecular formula is C22H30O6. The van der Waals surface area contributed by atoms with Crippen molar-refractivity contribution in [3.63, 3.8) is 0 Å². The highest BCUT2D eigenvalue weighted by molar-refractivity contribution is 6.05. The number of carbonyl (C=O) groups is 1. The van der Waals surface area contributed by atoms with Gasteiger partial charge in [-0.15, -0.1) is 0 Å². The lowest BCUT2D eigenvalue weighted by molar-refractivity contribution is -0.516. The molecule has 0 amide bonds. The van der Waals surface area contributed by atoms with Crippen molar-refractivity contribution in [2.45, 2.75) is 76.8 Å². The molecule has 1 unspecified atom stereocenters. The first-order valence-corrected chi connectivity index (χ1v) is 10.7. The maximum atomic E-state index is 13.8. The summed E-state index contributed by atoms with van der Waals surface area (Å²) >= 11 is 0. The number of hydrogen-bond acceptors (Lipinski definition) is 6. The van der Waals surface area contributed by atoms with E-state index in [9.17, 15) is 15.0 Å². The zero-order valence-electron chi connectivity index (χ0n) is 16.8. The number of carbonyl (C=O) groups excluding carboxylic acids is 1. The molecule has 6 heteroatoms. The van der Waals surface area contributed by atoms with Gasteiger partial charge in [0.05, 0.1) is 18.8 Å². The van der Waals surface area contributed by atoms with Crippen molar-refractivity contribution in [1.82, 2.24) is 0 Å². The van der Waals surface area contributed by atoms with Gasteiger partial charge in [-0.2, -0.15) is 0 Å². The van der Waals surface area contributed by atoms with Crippen LogP contribution in [-0.2, 0) is 19.0 Å². The molecule has 154 valence electrons. The second-order valence-electron chi connectivity index (χ2n) is 10.7. The third kappa shape index (κ3) is 1.50. The summed E-state index contributed by atoms with van der Waals surface area (Å²) in [5.41, 5.74) is -1.39. The average Bonchev–Trinajstić information content (AvgIpc) is 2.76. The number of aliphatic hydroxyl groups is 2. The fourth-order valence-corrected chi connectivity index (χ4v) is 8.72. The first kappa shape index (κ1) is 18.0. The van der Waals surface area contributed by atoms with E-state index in [2.05, 4.69) is 20.4 Å². The van der Waals surface area contributed by atoms with Gasteiger partial charge in [0.15, 0.2) is 12.1 Å². The molecule has 7 fully saturated rings. The van der Waals surface area contributed by atoms with Gasteiger partial charge in [-0.1, -0.05) is 20.4 Å². The predicted molar refractivity (Wildman–Crippen MR) is 97.8 cm³/mol. The summed E-state index contributed by atoms with van der Waals surface area (Å²) in [6, 6.07) is 0. The zero-order chi connectivity index (χ0) is 19.9. The molecule has 0 radical (unpaired) electrons. The molecule has 4 aliphatic carbocycles. The number of rotatable bonds is 0. The number of ketones is 1. The largest absolute Gasteiger partial charge is 0.392 e. The maximum absolute atomic E-state index is 13.8. The molecule has 6 nitrogen and oxygen atoms in total. The quantitative estimate of drug-likeness (QED) is 0.614. The van der Waals surface area contributed by atoms with Crippen LogP contribution in [0.1, 0.15) is 46.5 Å². The van der Waals surface area contributed by atoms with Crippen LogP contribution in [0.2, 0.25) is 0 Å². The zero-order valence-corrected chi connectivity index (χ0v) is 16.8. The molecule has 7 rings (SSSR count). The summed E-state index contributed by atoms with van der Waals surface area (Å²) in [6.07, 6.45) is 0.513. The fraction of sp³-hybridized carbons (Fsp3) is 0.864. The Balaban J connectivity index is 1.67. The van der Waals surface area contributed by atoms with E-state index in [1.54, 1.807) is 0 Å². The Hall–Kier alpha value is -0.790. The molecule has 3 saturated heterocycles. The summed E-state index contributed by atoms with van der Waals surface area (Å²) in [5, 5.41) is 23.2. The summed E-state index contributed by atoms with van der Waals surface area (Å²) in [5.74, 6) is -1.90. The second-order valence-corrected chi connectivity index (χ2v) is 10.7. The van der Waals surface area contributed by atoms with E-state index in [1.165, 1.54) is 0 Å². The van der Waals surface area contributed by atoms with Crippen LogP contribution in [0.15, 0.2) is 12.2 Å². The summed E-state index contributed by atoms with van der Waals surface area (Å²) < 4.78 is 18.9. The highest BCUT2D eigenvalue weighted by Gasteiger charge is 2.89. The van der Waals surface area contributed by atoms with Crippen molar-refractivity contribution in [2.75, 3.05) is 6.61 Å². The van der Waals surface area contributed by atoms with Crippen molar-refractivity contribution in [3.8, 4) is 0 Å². The molecule has 4 saturated carbocycles. The molecule has 2 N–H and O–H groups in total. The van der Waals surface area contributed by atoms with Crippen molar-refractivity contribution in [1.29, 1.82) is 0 Å². The van der Waals surface area contributed by atoms with Gasteiger partial charge in [0, 0.05) is 17.3 Å². The highest BCUT2D eigenvalue weighted by atomic mass is 16.8. The van der Waals surface area contributed by atoms with Crippen LogP contribution in [0.5, 0.6) is 0 Å². The Labute approximate surface area is 165 Å². The number of hydrogen-bond donors (Lipinski definition) is 2. The van der Waals surface area contributed by atoms with E-state index < -0.39 is 41.2 Å². The van der Waals surface area contributed by atoms with E-state index in [1.807, 2.05) is 6.92 Å². The standard InChI is InChI=1S/C22H30O6/c1-10-12-5-6-13-20-9-26-22(17(25)15(20)19(3,4)8-7-14(20)23)21(13,16(10)24)18(12)27-11(2)28-22/h11-15,17-18,23,25H,1,5-9H2,2-4H3/t11?,12-,13-,14-,15+,17-,18+,20+,21+,22-/m0/s1. The molecular weight excluding hydrogens is 360 g/mol. The van der Waals surface area contributed by atoms with Crippen LogP contribution < -0.4 is 0 Å². The van der Waals surface area contributed by atoms with Crippen molar-refractivity contribution < 1.29 is 29.2 Å². The molecule has 3 aliphatic heterocycles. The van der Waals surface area contributed by atoms with Crippen LogP contribution in [0.3, 0.4) is 0 Å². The first-order valence-electron chi connectivity index (χ1n) is 10.7. The minimum atomic E-state index is -1.42. The van der Waals surface area contributed by atoms with Gasteiger partial charge < -0.3 is 24.4 Å². The van der Waals surface area contributed by atoms with Crippen molar-refractivity contribution in [3.05, 3.63) is 12.2 Å². The third-order valence-electron chi connectivity index (χ3n) is 9.50. The molecule has 7 aliphatic rings. The van der Waals surface area contributed by atoms with Gasteiger partial charge in [0.25, 0.3) is 0 Å². The van der Waals surface area contributed by atoms with Gasteiger partial charge in [-0.25, -0.2) is 0 Å². The van der Waals surface area contributed by atoms with Crippen LogP contribution >= 0.6 is 0 Å². The normalized spacial score (nSPS) is 61.1. The van der Waals surface area contributed by atoms with Gasteiger partial charge in [-0.05, 0) is 49.5 Å². The molecule has 4 bridgehead atoms. The monoisotopic (exact) mass is 390 g/mol. The van der Waals surface area contributed by atoms with Crippen molar-refractivity contribution >= 4 is 5.78 Å². The van der Waals surface area contributed by atoms with Gasteiger partial charge >= 0.3 is 0 Å². The molecule has 10 atom stereocenters. The third-order valence-corrected chi connectivity index (χ3v) is 9.50. The van der Waals surface area contributed by atoms with E-state index in [0.717, 1.165) is 19.3 Å². The van der Waals surface area contributed by atoms with Crippen LogP contribution in [0.4, 0.5) is 0 Å². The predicted octanol–water partition coefficient (Wildman–Crippen LogP) is 1.78. The molecule has 3 heterocycles. The highest BCUT2D eigenvalue weighted by Crippen LogP contribution is 2.78. The van der Waals surface area contributed by atoms with Crippen molar-refractivity contribution in [2.24, 2.45) is 34.0 Å². The Morgan fingerprint density at radius 2 is 1.93 bits per heavy atom. The smallest absolute Gasteiger partial charge is 0.213 e. The summed E-state index contributed by atoms with van der Waals surface area (Å²) in [4.78, 5) is 13.8. The number of aliphatic hydroxyl groups excluding tert-OH is 2. The molecule has 0 aromatic rings. The van der Waals surface area contributed by atoms with E-state index in [-0.39, 0.29) is 29.0 Å². The molecule has 0 aromatic heterocycles. The lowest BCUT2D eigenvalue weighted by Gasteiger charge is -2.77. The Kier molecular flexibility index (Phi) is 3.16. The Bertz CT molecular complexity index is 792. The Morgan fingerprint density at radius 3 is 2.68 bits per heavy atom.